The largest absolute Gasteiger partial charge is 0.0955 e. The van der Waals surface area contributed by atoms with Crippen LogP contribution >= 0.6 is 0 Å². The van der Waals surface area contributed by atoms with E-state index in [9.17, 15) is 0 Å². The first-order chi connectivity index (χ1) is 31.2. The molecule has 64 heavy (non-hydrogen) atoms. The number of allylic oxidation sites excluding steroid dienone is 11. The van der Waals surface area contributed by atoms with E-state index in [0.717, 1.165) is 11.1 Å². The predicted octanol–water partition coefficient (Wildman–Crippen LogP) is 19.6. The average molecular weight is 843 g/mol. The molecule has 0 radical (unpaired) electrons. The minimum atomic E-state index is 0.317. The summed E-state index contributed by atoms with van der Waals surface area (Å²) in [5, 5.41) is 0. The van der Waals surface area contributed by atoms with Crippen molar-refractivity contribution in [2.24, 2.45) is 11.8 Å². The van der Waals surface area contributed by atoms with Gasteiger partial charge in [-0.2, -0.15) is 0 Å². The molecule has 0 N–H and O–H groups in total. The summed E-state index contributed by atoms with van der Waals surface area (Å²) in [5.41, 5.74) is 20.3. The molecule has 0 amide bonds. The molecule has 0 spiro atoms. The molecular formula is C64H74. The highest BCUT2D eigenvalue weighted by Crippen LogP contribution is 2.57. The van der Waals surface area contributed by atoms with Gasteiger partial charge in [0.1, 0.15) is 0 Å². The second kappa shape index (κ2) is 25.8. The average Bonchev–Trinajstić information content (AvgIpc) is 4.02. The van der Waals surface area contributed by atoms with Crippen molar-refractivity contribution in [1.29, 1.82) is 0 Å². The summed E-state index contributed by atoms with van der Waals surface area (Å²) in [6.07, 6.45) is 11.8. The van der Waals surface area contributed by atoms with Crippen LogP contribution in [0.15, 0.2) is 211 Å². The van der Waals surface area contributed by atoms with Crippen molar-refractivity contribution < 1.29 is 0 Å². The molecule has 1 aliphatic rings. The van der Waals surface area contributed by atoms with Crippen molar-refractivity contribution in [2.75, 3.05) is 0 Å². The Morgan fingerprint density at radius 2 is 1.09 bits per heavy atom. The fourth-order valence-corrected chi connectivity index (χ4v) is 8.65. The normalized spacial score (nSPS) is 14.6. The smallest absolute Gasteiger partial charge is 0.0129 e. The Balaban J connectivity index is 0.00000121. The van der Waals surface area contributed by atoms with E-state index in [2.05, 4.69) is 243 Å². The molecule has 7 rings (SSSR count). The maximum absolute atomic E-state index is 4.55. The molecule has 1 aliphatic carbocycles. The van der Waals surface area contributed by atoms with Crippen molar-refractivity contribution in [2.45, 2.75) is 95.4 Å². The zero-order valence-electron chi connectivity index (χ0n) is 41.0. The Labute approximate surface area is 389 Å². The highest BCUT2D eigenvalue weighted by molar-refractivity contribution is 5.96. The van der Waals surface area contributed by atoms with Gasteiger partial charge in [0.25, 0.3) is 0 Å². The van der Waals surface area contributed by atoms with Gasteiger partial charge in [0.05, 0.1) is 0 Å². The van der Waals surface area contributed by atoms with Gasteiger partial charge in [0, 0.05) is 5.92 Å². The standard InChI is InChI=1S/C57H54.C3H8.2C2H6/c1-8-9-10-23-32-50(39(2)3)53-37-48(33-36-52(53)54-38-49(45-26-17-12-18-27-45)34-35-51(54)46-28-19-13-20-29-46)40(4)41(5)55(42(6)44-24-15-11-16-25-44)57-43(7)56(57)47-30-21-14-22-31-47;1-3-2;2*1-2/h8-38,42,55,57H,2H2,1,3-7H3;3H2,1-2H3;2*1-2H3/b9-8?,23-10-,41-40+,50-32+;;;. The third-order valence-corrected chi connectivity index (χ3v) is 11.9. The fourth-order valence-electron chi connectivity index (χ4n) is 8.65. The van der Waals surface area contributed by atoms with Crippen LogP contribution in [0.5, 0.6) is 0 Å². The van der Waals surface area contributed by atoms with Crippen LogP contribution in [0.25, 0.3) is 50.1 Å². The maximum atomic E-state index is 4.55. The molecule has 0 bridgehead atoms. The monoisotopic (exact) mass is 843 g/mol. The summed E-state index contributed by atoms with van der Waals surface area (Å²) in [5.74, 6) is 1.05. The van der Waals surface area contributed by atoms with E-state index in [1.807, 2.05) is 34.6 Å². The Morgan fingerprint density at radius 1 is 0.578 bits per heavy atom. The fraction of sp³-hybridized carbons (Fsp3) is 0.250. The van der Waals surface area contributed by atoms with Crippen molar-refractivity contribution in [3.8, 4) is 33.4 Å². The minimum Gasteiger partial charge on any atom is -0.0955 e. The Morgan fingerprint density at radius 3 is 1.64 bits per heavy atom. The van der Waals surface area contributed by atoms with E-state index in [1.165, 1.54) is 84.3 Å². The Kier molecular flexibility index (Phi) is 20.3. The summed E-state index contributed by atoms with van der Waals surface area (Å²) in [4.78, 5) is 0. The van der Waals surface area contributed by atoms with Crippen LogP contribution in [0.2, 0.25) is 0 Å². The van der Waals surface area contributed by atoms with E-state index >= 15 is 0 Å². The zero-order valence-corrected chi connectivity index (χ0v) is 41.0. The van der Waals surface area contributed by atoms with Crippen molar-refractivity contribution in [3.63, 3.8) is 0 Å². The molecule has 3 unspecified atom stereocenters. The second-order valence-corrected chi connectivity index (χ2v) is 16.2. The van der Waals surface area contributed by atoms with Gasteiger partial charge in [-0.3, -0.25) is 0 Å². The lowest BCUT2D eigenvalue weighted by atomic mass is 9.75. The van der Waals surface area contributed by atoms with Crippen LogP contribution in [0, 0.1) is 11.8 Å². The van der Waals surface area contributed by atoms with Crippen LogP contribution in [-0.2, 0) is 0 Å². The molecule has 0 saturated carbocycles. The number of rotatable bonds is 13. The van der Waals surface area contributed by atoms with E-state index in [0.29, 0.717) is 17.8 Å². The lowest BCUT2D eigenvalue weighted by Gasteiger charge is -2.29. The van der Waals surface area contributed by atoms with E-state index in [4.69, 9.17) is 0 Å². The molecule has 0 aromatic heterocycles. The third kappa shape index (κ3) is 12.5. The molecule has 0 fully saturated rings. The maximum Gasteiger partial charge on any atom is 0.0129 e. The molecule has 330 valence electrons. The molecule has 6 aromatic carbocycles. The van der Waals surface area contributed by atoms with Gasteiger partial charge in [0.15, 0.2) is 0 Å². The predicted molar refractivity (Wildman–Crippen MR) is 287 cm³/mol. The van der Waals surface area contributed by atoms with Gasteiger partial charge in [-0.25, -0.2) is 0 Å². The first kappa shape index (κ1) is 50.4. The number of benzene rings is 6. The van der Waals surface area contributed by atoms with E-state index in [-0.39, 0.29) is 0 Å². The SMILES string of the molecule is C=C(C)/C(=C\C=C/C=CC)c1cc(/C(C)=C(\C)C(C2C(C)=C2c2ccccc2)C(C)c2ccccc2)ccc1-c1cc(-c2ccccc2)ccc1-c1ccccc1.CC.CC.CCC. The molecular weight excluding hydrogens is 769 g/mol. The van der Waals surface area contributed by atoms with Gasteiger partial charge in [-0.05, 0) is 131 Å². The number of hydrogen-bond donors (Lipinski definition) is 0. The molecule has 0 heteroatoms. The third-order valence-electron chi connectivity index (χ3n) is 11.9. The van der Waals surface area contributed by atoms with Crippen LogP contribution < -0.4 is 0 Å². The molecule has 0 heterocycles. The summed E-state index contributed by atoms with van der Waals surface area (Å²) in [6, 6.07) is 57.6. The Bertz CT molecular complexity index is 2520. The quantitative estimate of drug-likeness (QED) is 0.102. The van der Waals surface area contributed by atoms with E-state index in [1.54, 1.807) is 0 Å². The van der Waals surface area contributed by atoms with E-state index < -0.39 is 0 Å². The summed E-state index contributed by atoms with van der Waals surface area (Å²) < 4.78 is 0. The van der Waals surface area contributed by atoms with Crippen LogP contribution in [0.4, 0.5) is 0 Å². The van der Waals surface area contributed by atoms with Gasteiger partial charge >= 0.3 is 0 Å². The van der Waals surface area contributed by atoms with Crippen molar-refractivity contribution >= 4 is 16.7 Å². The molecule has 6 aromatic rings. The topological polar surface area (TPSA) is 0 Å². The molecule has 0 aliphatic heterocycles. The van der Waals surface area contributed by atoms with Crippen LogP contribution in [0.1, 0.15) is 118 Å². The van der Waals surface area contributed by atoms with Crippen LogP contribution in [-0.4, -0.2) is 0 Å². The van der Waals surface area contributed by atoms with Crippen molar-refractivity contribution in [3.05, 3.63) is 234 Å². The second-order valence-electron chi connectivity index (χ2n) is 16.2. The van der Waals surface area contributed by atoms with Crippen LogP contribution in [0.3, 0.4) is 0 Å². The van der Waals surface area contributed by atoms with Gasteiger partial charge in [-0.1, -0.05) is 254 Å². The van der Waals surface area contributed by atoms with Crippen molar-refractivity contribution in [1.82, 2.24) is 0 Å². The summed E-state index contributed by atoms with van der Waals surface area (Å²) in [7, 11) is 0. The van der Waals surface area contributed by atoms with Gasteiger partial charge < -0.3 is 0 Å². The first-order valence-corrected chi connectivity index (χ1v) is 23.7. The summed E-state index contributed by atoms with van der Waals surface area (Å²) >= 11 is 0. The minimum absolute atomic E-state index is 0.317. The highest BCUT2D eigenvalue weighted by atomic mass is 14.5. The lowest BCUT2D eigenvalue weighted by molar-refractivity contribution is 0.477. The van der Waals surface area contributed by atoms with Gasteiger partial charge in [-0.15, -0.1) is 0 Å². The summed E-state index contributed by atoms with van der Waals surface area (Å²) in [6.45, 7) is 30.4. The molecule has 3 atom stereocenters. The Hall–Kier alpha value is -6.24. The zero-order chi connectivity index (χ0) is 46.6. The molecule has 0 saturated heterocycles. The number of hydrogen-bond acceptors (Lipinski definition) is 0. The lowest BCUT2D eigenvalue weighted by Crippen LogP contribution is -2.17. The molecule has 0 nitrogen and oxygen atoms in total. The highest BCUT2D eigenvalue weighted by Gasteiger charge is 2.43. The van der Waals surface area contributed by atoms with Gasteiger partial charge in [0.2, 0.25) is 0 Å². The first-order valence-electron chi connectivity index (χ1n) is 23.7.